The summed E-state index contributed by atoms with van der Waals surface area (Å²) in [4.78, 5) is 14.7. The van der Waals surface area contributed by atoms with Gasteiger partial charge in [-0.2, -0.15) is 0 Å². The van der Waals surface area contributed by atoms with E-state index in [1.54, 1.807) is 0 Å². The first-order valence-corrected chi connectivity index (χ1v) is 6.76. The third kappa shape index (κ3) is 3.45. The number of thiazole rings is 1. The van der Waals surface area contributed by atoms with Crippen molar-refractivity contribution in [3.63, 3.8) is 0 Å². The van der Waals surface area contributed by atoms with Gasteiger partial charge in [0.15, 0.2) is 10.8 Å². The minimum Gasteiger partial charge on any atom is -0.491 e. The summed E-state index contributed by atoms with van der Waals surface area (Å²) in [6, 6.07) is 7.50. The second-order valence-corrected chi connectivity index (χ2v) is 4.67. The van der Waals surface area contributed by atoms with Crippen LogP contribution in [0, 0.1) is 0 Å². The second-order valence-electron chi connectivity index (χ2n) is 3.81. The molecule has 0 aliphatic rings. The van der Waals surface area contributed by atoms with Gasteiger partial charge in [-0.3, -0.25) is 0 Å². The minimum atomic E-state index is -1.03. The van der Waals surface area contributed by atoms with Crippen molar-refractivity contribution in [3.8, 4) is 5.75 Å². The fraction of sp³-hybridized carbons (Fsp3) is 0.231. The number of nitrogens with one attached hydrogen (secondary N) is 1. The van der Waals surface area contributed by atoms with Crippen LogP contribution in [0.15, 0.2) is 29.6 Å². The number of carboxylic acid groups (broad SMARTS) is 1. The van der Waals surface area contributed by atoms with Crippen LogP contribution < -0.4 is 10.1 Å². The molecule has 0 atom stereocenters. The van der Waals surface area contributed by atoms with E-state index < -0.39 is 5.97 Å². The van der Waals surface area contributed by atoms with Gasteiger partial charge in [0.05, 0.1) is 12.3 Å². The molecule has 0 saturated heterocycles. The van der Waals surface area contributed by atoms with Crippen molar-refractivity contribution in [2.75, 3.05) is 11.9 Å². The van der Waals surface area contributed by atoms with Gasteiger partial charge in [0.2, 0.25) is 0 Å². The monoisotopic (exact) mass is 278 g/mol. The first-order chi connectivity index (χ1) is 9.20. The number of carboxylic acids is 1. The van der Waals surface area contributed by atoms with Crippen molar-refractivity contribution < 1.29 is 14.6 Å². The Morgan fingerprint density at radius 3 is 2.95 bits per heavy atom. The summed E-state index contributed by atoms with van der Waals surface area (Å²) < 4.78 is 5.61. The predicted molar refractivity (Wildman–Crippen MR) is 74.6 cm³/mol. The number of ether oxygens (including phenoxy) is 1. The summed E-state index contributed by atoms with van der Waals surface area (Å²) in [5.41, 5.74) is 0.821. The zero-order chi connectivity index (χ0) is 13.7. The molecule has 5 nitrogen and oxygen atoms in total. The number of hydrogen-bond donors (Lipinski definition) is 2. The zero-order valence-electron chi connectivity index (χ0n) is 10.4. The Bertz CT molecular complexity index is 569. The highest BCUT2D eigenvalue weighted by molar-refractivity contribution is 7.14. The molecule has 2 aromatic rings. The van der Waals surface area contributed by atoms with Crippen molar-refractivity contribution in [3.05, 3.63) is 35.3 Å². The number of aromatic carboxylic acids is 1. The van der Waals surface area contributed by atoms with E-state index in [1.165, 1.54) is 16.7 Å². The third-order valence-electron chi connectivity index (χ3n) is 2.31. The van der Waals surface area contributed by atoms with Crippen LogP contribution in [0.2, 0.25) is 0 Å². The Hall–Kier alpha value is -2.08. The van der Waals surface area contributed by atoms with Crippen LogP contribution in [0.3, 0.4) is 0 Å². The molecule has 0 spiro atoms. The molecule has 100 valence electrons. The summed E-state index contributed by atoms with van der Waals surface area (Å²) >= 11 is 1.25. The molecule has 1 heterocycles. The van der Waals surface area contributed by atoms with Gasteiger partial charge in [-0.1, -0.05) is 19.1 Å². The second kappa shape index (κ2) is 6.19. The van der Waals surface area contributed by atoms with Crippen molar-refractivity contribution in [1.82, 2.24) is 4.98 Å². The van der Waals surface area contributed by atoms with E-state index in [4.69, 9.17) is 9.84 Å². The van der Waals surface area contributed by atoms with Crippen LogP contribution in [0.4, 0.5) is 10.8 Å². The fourth-order valence-corrected chi connectivity index (χ4v) is 2.15. The molecule has 2 N–H and O–H groups in total. The first kappa shape index (κ1) is 13.4. The number of benzene rings is 1. The molecule has 0 radical (unpaired) electrons. The molecule has 0 aliphatic carbocycles. The van der Waals surface area contributed by atoms with E-state index in [2.05, 4.69) is 10.3 Å². The van der Waals surface area contributed by atoms with Crippen LogP contribution >= 0.6 is 11.3 Å². The maximum Gasteiger partial charge on any atom is 0.355 e. The molecule has 0 fully saturated rings. The number of anilines is 2. The van der Waals surface area contributed by atoms with Gasteiger partial charge in [0.25, 0.3) is 0 Å². The maximum atomic E-state index is 10.8. The number of nitrogens with zero attached hydrogens (tertiary/aromatic N) is 1. The number of para-hydroxylation sites is 2. The third-order valence-corrected chi connectivity index (χ3v) is 3.07. The molecule has 6 heteroatoms. The summed E-state index contributed by atoms with van der Waals surface area (Å²) in [7, 11) is 0. The SMILES string of the molecule is CCCOc1ccccc1Nc1nc(C(=O)O)cs1. The average molecular weight is 278 g/mol. The molecule has 0 bridgehead atoms. The lowest BCUT2D eigenvalue weighted by atomic mass is 10.3. The quantitative estimate of drug-likeness (QED) is 0.847. The Morgan fingerprint density at radius 2 is 2.26 bits per heavy atom. The molecule has 1 aromatic carbocycles. The molecular formula is C13H14N2O3S. The van der Waals surface area contributed by atoms with E-state index >= 15 is 0 Å². The van der Waals surface area contributed by atoms with Gasteiger partial charge in [0, 0.05) is 5.38 Å². The van der Waals surface area contributed by atoms with Crippen molar-refractivity contribution in [2.45, 2.75) is 13.3 Å². The molecule has 0 amide bonds. The van der Waals surface area contributed by atoms with E-state index in [0.29, 0.717) is 11.7 Å². The minimum absolute atomic E-state index is 0.0412. The molecule has 2 rings (SSSR count). The van der Waals surface area contributed by atoms with Crippen LogP contribution in [0.25, 0.3) is 0 Å². The van der Waals surface area contributed by atoms with Gasteiger partial charge in [0.1, 0.15) is 5.75 Å². The lowest BCUT2D eigenvalue weighted by Crippen LogP contribution is -2.00. The first-order valence-electron chi connectivity index (χ1n) is 5.88. The van der Waals surface area contributed by atoms with Gasteiger partial charge in [-0.25, -0.2) is 9.78 Å². The molecule has 0 unspecified atom stereocenters. The van der Waals surface area contributed by atoms with Crippen LogP contribution in [0.5, 0.6) is 5.75 Å². The lowest BCUT2D eigenvalue weighted by molar-refractivity contribution is 0.0691. The van der Waals surface area contributed by atoms with E-state index in [-0.39, 0.29) is 5.69 Å². The predicted octanol–water partition coefficient (Wildman–Crippen LogP) is 3.37. The number of carbonyl (C=O) groups is 1. The van der Waals surface area contributed by atoms with Gasteiger partial charge in [-0.15, -0.1) is 11.3 Å². The highest BCUT2D eigenvalue weighted by Gasteiger charge is 2.10. The number of rotatable bonds is 6. The lowest BCUT2D eigenvalue weighted by Gasteiger charge is -2.10. The maximum absolute atomic E-state index is 10.8. The smallest absolute Gasteiger partial charge is 0.355 e. The summed E-state index contributed by atoms with van der Waals surface area (Å²) in [6.07, 6.45) is 0.925. The van der Waals surface area contributed by atoms with E-state index in [1.807, 2.05) is 31.2 Å². The largest absolute Gasteiger partial charge is 0.491 e. The van der Waals surface area contributed by atoms with E-state index in [0.717, 1.165) is 17.9 Å². The molecule has 0 saturated carbocycles. The Labute approximate surface area is 114 Å². The Morgan fingerprint density at radius 1 is 1.47 bits per heavy atom. The normalized spacial score (nSPS) is 10.2. The van der Waals surface area contributed by atoms with Crippen LogP contribution in [0.1, 0.15) is 23.8 Å². The molecule has 0 aliphatic heterocycles. The summed E-state index contributed by atoms with van der Waals surface area (Å²) in [5, 5.41) is 13.9. The van der Waals surface area contributed by atoms with Gasteiger partial charge >= 0.3 is 5.97 Å². The van der Waals surface area contributed by atoms with Gasteiger partial charge < -0.3 is 15.2 Å². The number of hydrogen-bond acceptors (Lipinski definition) is 5. The Balaban J connectivity index is 2.15. The summed E-state index contributed by atoms with van der Waals surface area (Å²) in [5.74, 6) is -0.295. The molecular weight excluding hydrogens is 264 g/mol. The highest BCUT2D eigenvalue weighted by atomic mass is 32.1. The summed E-state index contributed by atoms with van der Waals surface area (Å²) in [6.45, 7) is 2.67. The number of aromatic nitrogens is 1. The Kier molecular flexibility index (Phi) is 4.35. The molecule has 1 aromatic heterocycles. The fourth-order valence-electron chi connectivity index (χ4n) is 1.45. The van der Waals surface area contributed by atoms with Crippen molar-refractivity contribution in [1.29, 1.82) is 0 Å². The van der Waals surface area contributed by atoms with Crippen molar-refractivity contribution in [2.24, 2.45) is 0 Å². The average Bonchev–Trinajstić information content (AvgIpc) is 2.86. The topological polar surface area (TPSA) is 71.5 Å². The van der Waals surface area contributed by atoms with Crippen molar-refractivity contribution >= 4 is 28.1 Å². The zero-order valence-corrected chi connectivity index (χ0v) is 11.2. The molecule has 19 heavy (non-hydrogen) atoms. The van der Waals surface area contributed by atoms with E-state index in [9.17, 15) is 4.79 Å². The highest BCUT2D eigenvalue weighted by Crippen LogP contribution is 2.29. The van der Waals surface area contributed by atoms with Gasteiger partial charge in [-0.05, 0) is 18.6 Å². The standard InChI is InChI=1S/C13H14N2O3S/c1-2-7-18-11-6-4-3-5-9(11)14-13-15-10(8-19-13)12(16)17/h3-6,8H,2,7H2,1H3,(H,14,15)(H,16,17). The van der Waals surface area contributed by atoms with Crippen LogP contribution in [-0.4, -0.2) is 22.7 Å². The van der Waals surface area contributed by atoms with Crippen LogP contribution in [-0.2, 0) is 0 Å².